The molecule has 1 heterocycles. The molecule has 0 spiro atoms. The molecule has 3 heteroatoms. The van der Waals surface area contributed by atoms with Crippen LogP contribution in [0.25, 0.3) is 0 Å². The van der Waals surface area contributed by atoms with Gasteiger partial charge < -0.3 is 10.6 Å². The summed E-state index contributed by atoms with van der Waals surface area (Å²) in [6.45, 7) is 3.57. The molecule has 0 bridgehead atoms. The van der Waals surface area contributed by atoms with Crippen LogP contribution < -0.4 is 5.73 Å². The summed E-state index contributed by atoms with van der Waals surface area (Å²) in [5, 5.41) is 0. The Morgan fingerprint density at radius 2 is 2.08 bits per heavy atom. The third-order valence-corrected chi connectivity index (χ3v) is 2.43. The Kier molecular flexibility index (Phi) is 4.22. The molecule has 1 atom stereocenters. The number of nitrogens with zero attached hydrogens (tertiary/aromatic N) is 1. The van der Waals surface area contributed by atoms with E-state index in [1.54, 1.807) is 0 Å². The number of amides is 1. The Bertz CT molecular complexity index is 168. The molecular weight excluding hydrogens is 164 g/mol. The zero-order valence-corrected chi connectivity index (χ0v) is 8.46. The van der Waals surface area contributed by atoms with Crippen LogP contribution in [0.1, 0.15) is 39.0 Å². The molecule has 0 radical (unpaired) electrons. The Morgan fingerprint density at radius 1 is 1.38 bits per heavy atom. The van der Waals surface area contributed by atoms with E-state index in [4.69, 9.17) is 5.73 Å². The van der Waals surface area contributed by atoms with Crippen molar-refractivity contribution in [2.24, 2.45) is 5.73 Å². The maximum absolute atomic E-state index is 11.6. The molecule has 1 unspecified atom stereocenters. The SMILES string of the molecule is CC(N)CN1CCCCCCC1=O. The van der Waals surface area contributed by atoms with Gasteiger partial charge in [0.25, 0.3) is 0 Å². The minimum absolute atomic E-state index is 0.100. The average Bonchev–Trinajstić information content (AvgIpc) is 2.04. The van der Waals surface area contributed by atoms with Gasteiger partial charge in [-0.3, -0.25) is 4.79 Å². The number of carbonyl (C=O) groups excluding carboxylic acids is 1. The van der Waals surface area contributed by atoms with Gasteiger partial charge >= 0.3 is 0 Å². The molecule has 3 nitrogen and oxygen atoms in total. The summed E-state index contributed by atoms with van der Waals surface area (Å²) in [5.41, 5.74) is 5.68. The topological polar surface area (TPSA) is 46.3 Å². The van der Waals surface area contributed by atoms with Crippen LogP contribution in [0.15, 0.2) is 0 Å². The van der Waals surface area contributed by atoms with Crippen molar-refractivity contribution in [3.63, 3.8) is 0 Å². The third kappa shape index (κ3) is 3.77. The highest BCUT2D eigenvalue weighted by Crippen LogP contribution is 2.11. The number of likely N-dealkylation sites (tertiary alicyclic amines) is 1. The zero-order chi connectivity index (χ0) is 9.68. The maximum Gasteiger partial charge on any atom is 0.222 e. The average molecular weight is 184 g/mol. The monoisotopic (exact) mass is 184 g/mol. The van der Waals surface area contributed by atoms with Crippen molar-refractivity contribution in [1.82, 2.24) is 4.90 Å². The minimum Gasteiger partial charge on any atom is -0.341 e. The van der Waals surface area contributed by atoms with Gasteiger partial charge in [0.15, 0.2) is 0 Å². The van der Waals surface area contributed by atoms with Crippen LogP contribution in [0.5, 0.6) is 0 Å². The second kappa shape index (κ2) is 5.22. The van der Waals surface area contributed by atoms with Crippen LogP contribution in [0.2, 0.25) is 0 Å². The van der Waals surface area contributed by atoms with Gasteiger partial charge in [-0.05, 0) is 19.8 Å². The Balaban J connectivity index is 2.41. The second-order valence-electron chi connectivity index (χ2n) is 3.98. The zero-order valence-electron chi connectivity index (χ0n) is 8.46. The quantitative estimate of drug-likeness (QED) is 0.699. The van der Waals surface area contributed by atoms with Gasteiger partial charge in [0.2, 0.25) is 5.91 Å². The molecule has 1 aliphatic heterocycles. The lowest BCUT2D eigenvalue weighted by Crippen LogP contribution is -2.40. The lowest BCUT2D eigenvalue weighted by atomic mass is 10.1. The predicted octanol–water partition coefficient (Wildman–Crippen LogP) is 1.13. The van der Waals surface area contributed by atoms with Crippen LogP contribution in [-0.4, -0.2) is 29.9 Å². The van der Waals surface area contributed by atoms with E-state index in [0.29, 0.717) is 6.42 Å². The van der Waals surface area contributed by atoms with E-state index in [1.165, 1.54) is 12.8 Å². The molecule has 0 aromatic carbocycles. The summed E-state index contributed by atoms with van der Waals surface area (Å²) >= 11 is 0. The first-order valence-electron chi connectivity index (χ1n) is 5.23. The summed E-state index contributed by atoms with van der Waals surface area (Å²) in [5.74, 6) is 0.289. The van der Waals surface area contributed by atoms with Gasteiger partial charge in [-0.25, -0.2) is 0 Å². The summed E-state index contributed by atoms with van der Waals surface area (Å²) in [7, 11) is 0. The molecule has 1 amide bonds. The normalized spacial score (nSPS) is 22.3. The van der Waals surface area contributed by atoms with Crippen LogP contribution in [0, 0.1) is 0 Å². The van der Waals surface area contributed by atoms with Crippen LogP contribution >= 0.6 is 0 Å². The van der Waals surface area contributed by atoms with Crippen molar-refractivity contribution in [2.45, 2.75) is 45.1 Å². The maximum atomic E-state index is 11.6. The van der Waals surface area contributed by atoms with E-state index < -0.39 is 0 Å². The fraction of sp³-hybridized carbons (Fsp3) is 0.900. The van der Waals surface area contributed by atoms with E-state index in [1.807, 2.05) is 11.8 Å². The Morgan fingerprint density at radius 3 is 2.77 bits per heavy atom. The molecule has 0 aliphatic carbocycles. The van der Waals surface area contributed by atoms with Crippen molar-refractivity contribution in [3.8, 4) is 0 Å². The van der Waals surface area contributed by atoms with E-state index in [-0.39, 0.29) is 11.9 Å². The first kappa shape index (κ1) is 10.5. The molecule has 1 saturated heterocycles. The predicted molar refractivity (Wildman–Crippen MR) is 53.3 cm³/mol. The molecular formula is C10H20N2O. The van der Waals surface area contributed by atoms with E-state index in [2.05, 4.69) is 0 Å². The lowest BCUT2D eigenvalue weighted by molar-refractivity contribution is -0.132. The first-order valence-corrected chi connectivity index (χ1v) is 5.23. The number of rotatable bonds is 2. The third-order valence-electron chi connectivity index (χ3n) is 2.43. The van der Waals surface area contributed by atoms with Gasteiger partial charge in [-0.2, -0.15) is 0 Å². The van der Waals surface area contributed by atoms with Crippen molar-refractivity contribution >= 4 is 5.91 Å². The minimum atomic E-state index is 0.100. The van der Waals surface area contributed by atoms with Crippen molar-refractivity contribution < 1.29 is 4.79 Å². The molecule has 0 aromatic heterocycles. The van der Waals surface area contributed by atoms with Gasteiger partial charge in [-0.1, -0.05) is 12.8 Å². The molecule has 0 aromatic rings. The molecule has 1 aliphatic rings. The highest BCUT2D eigenvalue weighted by atomic mass is 16.2. The largest absolute Gasteiger partial charge is 0.341 e. The number of carbonyl (C=O) groups is 1. The second-order valence-corrected chi connectivity index (χ2v) is 3.98. The van der Waals surface area contributed by atoms with Crippen LogP contribution in [0.4, 0.5) is 0 Å². The molecule has 13 heavy (non-hydrogen) atoms. The summed E-state index contributed by atoms with van der Waals surface area (Å²) in [6.07, 6.45) is 5.36. The number of hydrogen-bond acceptors (Lipinski definition) is 2. The summed E-state index contributed by atoms with van der Waals surface area (Å²) in [4.78, 5) is 13.5. The fourth-order valence-corrected chi connectivity index (χ4v) is 1.76. The lowest BCUT2D eigenvalue weighted by Gasteiger charge is -2.26. The smallest absolute Gasteiger partial charge is 0.222 e. The molecule has 76 valence electrons. The van der Waals surface area contributed by atoms with Crippen molar-refractivity contribution in [3.05, 3.63) is 0 Å². The highest BCUT2D eigenvalue weighted by molar-refractivity contribution is 5.76. The highest BCUT2D eigenvalue weighted by Gasteiger charge is 2.15. The summed E-state index contributed by atoms with van der Waals surface area (Å²) in [6, 6.07) is 0.100. The Labute approximate surface area is 80.3 Å². The Hall–Kier alpha value is -0.570. The van der Waals surface area contributed by atoms with Gasteiger partial charge in [0, 0.05) is 25.6 Å². The van der Waals surface area contributed by atoms with E-state index >= 15 is 0 Å². The van der Waals surface area contributed by atoms with E-state index in [0.717, 1.165) is 25.9 Å². The summed E-state index contributed by atoms with van der Waals surface area (Å²) < 4.78 is 0. The number of hydrogen-bond donors (Lipinski definition) is 1. The van der Waals surface area contributed by atoms with E-state index in [9.17, 15) is 4.79 Å². The fourth-order valence-electron chi connectivity index (χ4n) is 1.76. The van der Waals surface area contributed by atoms with Gasteiger partial charge in [0.1, 0.15) is 0 Å². The van der Waals surface area contributed by atoms with Crippen molar-refractivity contribution in [2.75, 3.05) is 13.1 Å². The molecule has 1 rings (SSSR count). The van der Waals surface area contributed by atoms with Crippen LogP contribution in [-0.2, 0) is 4.79 Å². The van der Waals surface area contributed by atoms with Crippen LogP contribution in [0.3, 0.4) is 0 Å². The molecule has 0 saturated carbocycles. The molecule has 1 fully saturated rings. The number of nitrogens with two attached hydrogens (primary N) is 1. The molecule has 2 N–H and O–H groups in total. The standard InChI is InChI=1S/C10H20N2O/c1-9(11)8-12-7-5-3-2-4-6-10(12)13/h9H,2-8,11H2,1H3. The van der Waals surface area contributed by atoms with Gasteiger partial charge in [0.05, 0.1) is 0 Å². The van der Waals surface area contributed by atoms with Crippen molar-refractivity contribution in [1.29, 1.82) is 0 Å². The van der Waals surface area contributed by atoms with Gasteiger partial charge in [-0.15, -0.1) is 0 Å². The first-order chi connectivity index (χ1) is 6.20.